The maximum atomic E-state index is 12.3. The fourth-order valence-corrected chi connectivity index (χ4v) is 2.45. The van der Waals surface area contributed by atoms with E-state index in [2.05, 4.69) is 19.9 Å². The molecule has 9 heteroatoms. The third kappa shape index (κ3) is 4.94. The van der Waals surface area contributed by atoms with Crippen LogP contribution in [0.2, 0.25) is 0 Å². The normalized spacial score (nSPS) is 13.7. The predicted molar refractivity (Wildman–Crippen MR) is 97.7 cm³/mol. The van der Waals surface area contributed by atoms with Crippen molar-refractivity contribution < 1.29 is 4.79 Å². The number of nitrogen functional groups attached to an aromatic ring is 1. The molecule has 1 amide bonds. The summed E-state index contributed by atoms with van der Waals surface area (Å²) in [5.74, 6) is 0.950. The van der Waals surface area contributed by atoms with Crippen LogP contribution in [0.15, 0.2) is 36.9 Å². The zero-order chi connectivity index (χ0) is 15.4. The van der Waals surface area contributed by atoms with E-state index in [0.29, 0.717) is 25.2 Å². The molecule has 0 bridgehead atoms. The van der Waals surface area contributed by atoms with E-state index in [-0.39, 0.29) is 30.7 Å². The summed E-state index contributed by atoms with van der Waals surface area (Å²) in [6.07, 6.45) is 6.97. The summed E-state index contributed by atoms with van der Waals surface area (Å²) in [6.45, 7) is 2.90. The molecule has 1 saturated heterocycles. The number of nitrogens with two attached hydrogens (primary N) is 1. The highest BCUT2D eigenvalue weighted by Gasteiger charge is 2.22. The van der Waals surface area contributed by atoms with Crippen LogP contribution in [0.5, 0.6) is 0 Å². The summed E-state index contributed by atoms with van der Waals surface area (Å²) >= 11 is 0. The van der Waals surface area contributed by atoms with Gasteiger partial charge in [0, 0.05) is 44.3 Å². The van der Waals surface area contributed by atoms with Crippen LogP contribution in [-0.2, 0) is 11.2 Å². The first kappa shape index (κ1) is 19.9. The van der Waals surface area contributed by atoms with Gasteiger partial charge in [-0.15, -0.1) is 24.8 Å². The second-order valence-electron chi connectivity index (χ2n) is 5.19. The van der Waals surface area contributed by atoms with Gasteiger partial charge < -0.3 is 15.5 Å². The molecule has 0 aromatic carbocycles. The smallest absolute Gasteiger partial charge is 0.228 e. The molecule has 0 radical (unpaired) electrons. The standard InChI is InChI=1S/C15H18N6O.2ClH/c16-12-1-2-13(19-10-12)9-15(22)21-7-5-20(6-8-21)14-11-17-3-4-18-14;;/h1-4,10-11H,5-9,16H2;2*1H. The number of halogens is 2. The minimum absolute atomic E-state index is 0. The Bertz CT molecular complexity index is 632. The molecule has 7 nitrogen and oxygen atoms in total. The van der Waals surface area contributed by atoms with Crippen LogP contribution in [0.4, 0.5) is 11.5 Å². The minimum atomic E-state index is 0. The monoisotopic (exact) mass is 370 g/mol. The molecule has 0 unspecified atom stereocenters. The summed E-state index contributed by atoms with van der Waals surface area (Å²) in [4.78, 5) is 28.8. The number of hydrogen-bond donors (Lipinski definition) is 1. The number of pyridine rings is 1. The Hall–Kier alpha value is -2.12. The van der Waals surface area contributed by atoms with Crippen LogP contribution in [-0.4, -0.2) is 51.9 Å². The fraction of sp³-hybridized carbons (Fsp3) is 0.333. The highest BCUT2D eigenvalue weighted by Crippen LogP contribution is 2.12. The van der Waals surface area contributed by atoms with Crippen molar-refractivity contribution >= 4 is 42.2 Å². The Balaban J connectivity index is 0.00000144. The van der Waals surface area contributed by atoms with Crippen LogP contribution < -0.4 is 10.6 Å². The van der Waals surface area contributed by atoms with Gasteiger partial charge in [-0.25, -0.2) is 4.98 Å². The lowest BCUT2D eigenvalue weighted by atomic mass is 10.2. The SMILES string of the molecule is Cl.Cl.Nc1ccc(CC(=O)N2CCN(c3cnccn3)CC2)nc1. The third-order valence-corrected chi connectivity index (χ3v) is 3.69. The van der Waals surface area contributed by atoms with Crippen LogP contribution in [0.3, 0.4) is 0 Å². The Labute approximate surface area is 153 Å². The Morgan fingerprint density at radius 1 is 1.04 bits per heavy atom. The Morgan fingerprint density at radius 2 is 1.79 bits per heavy atom. The van der Waals surface area contributed by atoms with E-state index in [1.807, 2.05) is 4.90 Å². The molecule has 3 rings (SSSR count). The zero-order valence-electron chi connectivity index (χ0n) is 13.0. The van der Waals surface area contributed by atoms with E-state index in [4.69, 9.17) is 5.73 Å². The van der Waals surface area contributed by atoms with E-state index in [9.17, 15) is 4.79 Å². The highest BCUT2D eigenvalue weighted by atomic mass is 35.5. The molecule has 0 spiro atoms. The maximum Gasteiger partial charge on any atom is 0.228 e. The summed E-state index contributed by atoms with van der Waals surface area (Å²) in [5.41, 5.74) is 6.95. The zero-order valence-corrected chi connectivity index (χ0v) is 14.7. The Morgan fingerprint density at radius 3 is 2.38 bits per heavy atom. The second kappa shape index (κ2) is 9.24. The van der Waals surface area contributed by atoms with Crippen LogP contribution in [0.1, 0.15) is 5.69 Å². The van der Waals surface area contributed by atoms with E-state index >= 15 is 0 Å². The number of carbonyl (C=O) groups excluding carboxylic acids is 1. The van der Waals surface area contributed by atoms with Gasteiger partial charge in [0.2, 0.25) is 5.91 Å². The molecule has 0 aliphatic carbocycles. The number of rotatable bonds is 3. The van der Waals surface area contributed by atoms with Crippen molar-refractivity contribution in [1.82, 2.24) is 19.9 Å². The molecule has 2 aromatic heterocycles. The largest absolute Gasteiger partial charge is 0.397 e. The number of piperazine rings is 1. The fourth-order valence-electron chi connectivity index (χ4n) is 2.45. The lowest BCUT2D eigenvalue weighted by Crippen LogP contribution is -2.49. The average Bonchev–Trinajstić information content (AvgIpc) is 2.58. The molecule has 2 N–H and O–H groups in total. The van der Waals surface area contributed by atoms with Crippen molar-refractivity contribution in [1.29, 1.82) is 0 Å². The highest BCUT2D eigenvalue weighted by molar-refractivity contribution is 5.85. The lowest BCUT2D eigenvalue weighted by Gasteiger charge is -2.35. The number of anilines is 2. The Kier molecular flexibility index (Phi) is 7.67. The predicted octanol–water partition coefficient (Wildman–Crippen LogP) is 1.19. The van der Waals surface area contributed by atoms with Gasteiger partial charge in [-0.1, -0.05) is 0 Å². The van der Waals surface area contributed by atoms with Gasteiger partial charge in [0.05, 0.1) is 24.5 Å². The topological polar surface area (TPSA) is 88.2 Å². The van der Waals surface area contributed by atoms with Crippen LogP contribution >= 0.6 is 24.8 Å². The van der Waals surface area contributed by atoms with Crippen molar-refractivity contribution in [3.8, 4) is 0 Å². The molecule has 130 valence electrons. The molecule has 1 aliphatic rings. The third-order valence-electron chi connectivity index (χ3n) is 3.69. The summed E-state index contributed by atoms with van der Waals surface area (Å²) in [5, 5.41) is 0. The lowest BCUT2D eigenvalue weighted by molar-refractivity contribution is -0.130. The van der Waals surface area contributed by atoms with Crippen LogP contribution in [0, 0.1) is 0 Å². The van der Waals surface area contributed by atoms with E-state index in [1.165, 1.54) is 0 Å². The number of aromatic nitrogens is 3. The molecular formula is C15H20Cl2N6O. The van der Waals surface area contributed by atoms with E-state index in [0.717, 1.165) is 24.6 Å². The van der Waals surface area contributed by atoms with Crippen molar-refractivity contribution in [2.75, 3.05) is 36.8 Å². The van der Waals surface area contributed by atoms with Crippen molar-refractivity contribution in [3.05, 3.63) is 42.6 Å². The number of hydrogen-bond acceptors (Lipinski definition) is 6. The van der Waals surface area contributed by atoms with E-state index in [1.54, 1.807) is 36.9 Å². The van der Waals surface area contributed by atoms with Gasteiger partial charge in [0.25, 0.3) is 0 Å². The number of amides is 1. The second-order valence-corrected chi connectivity index (χ2v) is 5.19. The quantitative estimate of drug-likeness (QED) is 0.872. The molecule has 1 fully saturated rings. The van der Waals surface area contributed by atoms with E-state index < -0.39 is 0 Å². The molecule has 3 heterocycles. The van der Waals surface area contributed by atoms with Gasteiger partial charge in [-0.2, -0.15) is 0 Å². The summed E-state index contributed by atoms with van der Waals surface area (Å²) < 4.78 is 0. The molecule has 2 aromatic rings. The first-order valence-corrected chi connectivity index (χ1v) is 7.21. The molecule has 24 heavy (non-hydrogen) atoms. The van der Waals surface area contributed by atoms with Gasteiger partial charge in [0.1, 0.15) is 5.82 Å². The number of nitrogens with zero attached hydrogens (tertiary/aromatic N) is 5. The van der Waals surface area contributed by atoms with Crippen LogP contribution in [0.25, 0.3) is 0 Å². The van der Waals surface area contributed by atoms with Gasteiger partial charge in [0.15, 0.2) is 0 Å². The molecular weight excluding hydrogens is 351 g/mol. The van der Waals surface area contributed by atoms with Crippen molar-refractivity contribution in [2.45, 2.75) is 6.42 Å². The van der Waals surface area contributed by atoms with Gasteiger partial charge in [-0.05, 0) is 12.1 Å². The van der Waals surface area contributed by atoms with Crippen molar-refractivity contribution in [3.63, 3.8) is 0 Å². The molecule has 1 aliphatic heterocycles. The minimum Gasteiger partial charge on any atom is -0.397 e. The van der Waals surface area contributed by atoms with Crippen molar-refractivity contribution in [2.24, 2.45) is 0 Å². The first-order chi connectivity index (χ1) is 10.7. The maximum absolute atomic E-state index is 12.3. The van der Waals surface area contributed by atoms with Gasteiger partial charge >= 0.3 is 0 Å². The summed E-state index contributed by atoms with van der Waals surface area (Å²) in [6, 6.07) is 3.56. The molecule has 0 atom stereocenters. The first-order valence-electron chi connectivity index (χ1n) is 7.21. The average molecular weight is 371 g/mol. The summed E-state index contributed by atoms with van der Waals surface area (Å²) in [7, 11) is 0. The molecule has 0 saturated carbocycles. The van der Waals surface area contributed by atoms with Gasteiger partial charge in [-0.3, -0.25) is 14.8 Å². The number of carbonyl (C=O) groups is 1.